The summed E-state index contributed by atoms with van der Waals surface area (Å²) in [6, 6.07) is 19.0. The number of aryl methyl sites for hydroxylation is 2. The van der Waals surface area contributed by atoms with E-state index in [1.54, 1.807) is 12.1 Å². The van der Waals surface area contributed by atoms with Crippen LogP contribution < -0.4 is 10.6 Å². The number of nitrogens with one attached hydrogen (secondary N) is 2. The van der Waals surface area contributed by atoms with Crippen molar-refractivity contribution in [1.82, 2.24) is 10.3 Å². The third-order valence-corrected chi connectivity index (χ3v) is 5.42. The number of carbonyl (C=O) groups is 1. The maximum atomic E-state index is 12.2. The van der Waals surface area contributed by atoms with Gasteiger partial charge in [-0.15, -0.1) is 0 Å². The number of rotatable bonds is 5. The molecule has 7 heteroatoms. The largest absolute Gasteiger partial charge is 0.440 e. The number of hydrogen-bond donors (Lipinski definition) is 2. The summed E-state index contributed by atoms with van der Waals surface area (Å²) in [5.41, 5.74) is 6.69. The number of benzene rings is 3. The predicted molar refractivity (Wildman–Crippen MR) is 132 cm³/mol. The molecule has 0 saturated carbocycles. The van der Waals surface area contributed by atoms with E-state index in [0.29, 0.717) is 17.3 Å². The molecule has 1 amide bonds. The summed E-state index contributed by atoms with van der Waals surface area (Å²) < 4.78 is 5.95. The topological polar surface area (TPSA) is 67.2 Å². The van der Waals surface area contributed by atoms with Gasteiger partial charge in [-0.3, -0.25) is 4.79 Å². The van der Waals surface area contributed by atoms with Crippen molar-refractivity contribution >= 4 is 51.6 Å². The molecule has 1 aromatic heterocycles. The maximum absolute atomic E-state index is 12.2. The number of amides is 1. The van der Waals surface area contributed by atoms with E-state index in [0.717, 1.165) is 33.5 Å². The van der Waals surface area contributed by atoms with Gasteiger partial charge >= 0.3 is 0 Å². The van der Waals surface area contributed by atoms with Crippen LogP contribution in [0, 0.1) is 13.8 Å². The fraction of sp³-hybridized carbons (Fsp3) is 0.160. The minimum Gasteiger partial charge on any atom is -0.440 e. The Morgan fingerprint density at radius 3 is 2.44 bits per heavy atom. The fourth-order valence-electron chi connectivity index (χ4n) is 3.50. The number of oxazole rings is 1. The molecule has 0 atom stereocenters. The summed E-state index contributed by atoms with van der Waals surface area (Å²) >= 11 is 11.1. The van der Waals surface area contributed by atoms with Gasteiger partial charge in [0.1, 0.15) is 5.52 Å². The molecule has 0 fully saturated rings. The first-order valence-electron chi connectivity index (χ1n) is 10.2. The van der Waals surface area contributed by atoms with E-state index >= 15 is 0 Å². The molecule has 4 rings (SSSR count). The summed E-state index contributed by atoms with van der Waals surface area (Å²) in [5.74, 6) is 0.488. The van der Waals surface area contributed by atoms with E-state index in [4.69, 9.17) is 28.2 Å². The van der Waals surface area contributed by atoms with Crippen LogP contribution in [-0.4, -0.2) is 16.0 Å². The molecular weight excluding hydrogens is 442 g/mol. The number of thiocarbonyl (C=S) groups is 1. The number of nitrogens with zero attached hydrogens (tertiary/aromatic N) is 1. The first kappa shape index (κ1) is 22.0. The summed E-state index contributed by atoms with van der Waals surface area (Å²) in [4.78, 5) is 16.8. The normalized spacial score (nSPS) is 10.8. The summed E-state index contributed by atoms with van der Waals surface area (Å²) in [5, 5.41) is 6.61. The lowest BCUT2D eigenvalue weighted by Crippen LogP contribution is -2.35. The van der Waals surface area contributed by atoms with Crippen LogP contribution in [0.25, 0.3) is 11.1 Å². The van der Waals surface area contributed by atoms with Gasteiger partial charge in [-0.2, -0.15) is 0 Å². The first-order chi connectivity index (χ1) is 15.4. The number of aromatic nitrogens is 1. The van der Waals surface area contributed by atoms with E-state index in [-0.39, 0.29) is 17.4 Å². The number of carbonyl (C=O) groups excluding carboxylic acids is 1. The van der Waals surface area contributed by atoms with E-state index in [1.807, 2.05) is 49.4 Å². The van der Waals surface area contributed by atoms with Gasteiger partial charge in [0, 0.05) is 17.1 Å². The molecule has 0 aliphatic carbocycles. The summed E-state index contributed by atoms with van der Waals surface area (Å²) in [6.45, 7) is 4.08. The Hall–Kier alpha value is -3.22. The molecule has 0 saturated heterocycles. The smallest absolute Gasteiger partial charge is 0.230 e. The molecule has 3 aromatic carbocycles. The Bertz CT molecular complexity index is 1280. The lowest BCUT2D eigenvalue weighted by molar-refractivity contribution is -0.119. The van der Waals surface area contributed by atoms with Gasteiger partial charge in [0.05, 0.1) is 6.42 Å². The quantitative estimate of drug-likeness (QED) is 0.369. The average Bonchev–Trinajstić information content (AvgIpc) is 3.13. The van der Waals surface area contributed by atoms with Crippen LogP contribution >= 0.6 is 23.8 Å². The average molecular weight is 464 g/mol. The molecule has 0 aliphatic heterocycles. The second-order valence-corrected chi connectivity index (χ2v) is 8.56. The third-order valence-electron chi connectivity index (χ3n) is 4.96. The van der Waals surface area contributed by atoms with Crippen molar-refractivity contribution in [2.45, 2.75) is 26.7 Å². The zero-order chi connectivity index (χ0) is 22.7. The van der Waals surface area contributed by atoms with Gasteiger partial charge in [-0.05, 0) is 78.7 Å². The Balaban J connectivity index is 1.33. The minimum absolute atomic E-state index is 0.192. The van der Waals surface area contributed by atoms with Crippen molar-refractivity contribution in [1.29, 1.82) is 0 Å². The van der Waals surface area contributed by atoms with Crippen LogP contribution in [0.2, 0.25) is 5.02 Å². The Labute approximate surface area is 196 Å². The first-order valence-corrected chi connectivity index (χ1v) is 11.0. The molecule has 5 nitrogen and oxygen atoms in total. The number of hydrogen-bond acceptors (Lipinski definition) is 4. The fourth-order valence-corrected chi connectivity index (χ4v) is 3.86. The van der Waals surface area contributed by atoms with Gasteiger partial charge in [0.15, 0.2) is 16.6 Å². The Morgan fingerprint density at radius 1 is 1.03 bits per heavy atom. The maximum Gasteiger partial charge on any atom is 0.230 e. The van der Waals surface area contributed by atoms with Crippen LogP contribution in [-0.2, 0) is 17.6 Å². The second-order valence-electron chi connectivity index (χ2n) is 7.72. The lowest BCUT2D eigenvalue weighted by Gasteiger charge is -2.10. The number of fused-ring (bicyclic) bond motifs is 1. The van der Waals surface area contributed by atoms with E-state index in [1.165, 1.54) is 5.56 Å². The monoisotopic (exact) mass is 463 g/mol. The van der Waals surface area contributed by atoms with Crippen LogP contribution in [0.15, 0.2) is 65.1 Å². The van der Waals surface area contributed by atoms with E-state index < -0.39 is 0 Å². The highest BCUT2D eigenvalue weighted by atomic mass is 35.5. The predicted octanol–water partition coefficient (Wildman–Crippen LogP) is 5.74. The minimum atomic E-state index is -0.192. The second kappa shape index (κ2) is 9.51. The standard InChI is InChI=1S/C25H22ClN3O2S/c1-15-11-16(2)24-21(12-15)28-23(31-24)14-18-5-9-20(10-6-18)27-25(32)29-22(30)13-17-3-7-19(26)8-4-17/h3-12H,13-14H2,1-2H3,(H2,27,29,30,32). The third kappa shape index (κ3) is 5.52. The summed E-state index contributed by atoms with van der Waals surface area (Å²) in [6.07, 6.45) is 0.817. The Morgan fingerprint density at radius 2 is 1.72 bits per heavy atom. The lowest BCUT2D eigenvalue weighted by atomic mass is 10.1. The molecule has 2 N–H and O–H groups in total. The molecule has 4 aromatic rings. The molecule has 0 unspecified atom stereocenters. The zero-order valence-corrected chi connectivity index (χ0v) is 19.3. The molecule has 0 bridgehead atoms. The zero-order valence-electron chi connectivity index (χ0n) is 17.7. The molecule has 32 heavy (non-hydrogen) atoms. The van der Waals surface area contributed by atoms with Gasteiger partial charge < -0.3 is 15.1 Å². The number of anilines is 1. The van der Waals surface area contributed by atoms with Crippen LogP contribution in [0.4, 0.5) is 5.69 Å². The highest BCUT2D eigenvalue weighted by Gasteiger charge is 2.10. The van der Waals surface area contributed by atoms with Gasteiger partial charge in [-0.25, -0.2) is 4.98 Å². The van der Waals surface area contributed by atoms with Gasteiger partial charge in [0.25, 0.3) is 0 Å². The van der Waals surface area contributed by atoms with Crippen molar-refractivity contribution < 1.29 is 9.21 Å². The van der Waals surface area contributed by atoms with Crippen LogP contribution in [0.5, 0.6) is 0 Å². The van der Waals surface area contributed by atoms with Crippen LogP contribution in [0.1, 0.15) is 28.1 Å². The molecule has 162 valence electrons. The highest BCUT2D eigenvalue weighted by Crippen LogP contribution is 2.23. The summed E-state index contributed by atoms with van der Waals surface area (Å²) in [7, 11) is 0. The van der Waals surface area contributed by atoms with Gasteiger partial charge in [-0.1, -0.05) is 41.9 Å². The Kier molecular flexibility index (Phi) is 6.53. The van der Waals surface area contributed by atoms with Crippen molar-refractivity contribution in [2.75, 3.05) is 5.32 Å². The number of halogens is 1. The van der Waals surface area contributed by atoms with Crippen molar-refractivity contribution in [3.8, 4) is 0 Å². The SMILES string of the molecule is Cc1cc(C)c2oc(Cc3ccc(NC(=S)NC(=O)Cc4ccc(Cl)cc4)cc3)nc2c1. The van der Waals surface area contributed by atoms with Crippen LogP contribution in [0.3, 0.4) is 0 Å². The molecule has 1 heterocycles. The van der Waals surface area contributed by atoms with E-state index in [9.17, 15) is 4.79 Å². The van der Waals surface area contributed by atoms with Crippen molar-refractivity contribution in [2.24, 2.45) is 0 Å². The molecular formula is C25H22ClN3O2S. The molecule has 0 aliphatic rings. The van der Waals surface area contributed by atoms with Gasteiger partial charge in [0.2, 0.25) is 5.91 Å². The molecule has 0 radical (unpaired) electrons. The van der Waals surface area contributed by atoms with Crippen molar-refractivity contribution in [3.05, 3.63) is 93.8 Å². The van der Waals surface area contributed by atoms with E-state index in [2.05, 4.69) is 28.6 Å². The van der Waals surface area contributed by atoms with Crippen molar-refractivity contribution in [3.63, 3.8) is 0 Å². The molecule has 0 spiro atoms. The highest BCUT2D eigenvalue weighted by molar-refractivity contribution is 7.80.